The Balaban J connectivity index is 2.10. The molecule has 0 heterocycles. The minimum absolute atomic E-state index is 0.0866. The Morgan fingerprint density at radius 1 is 1.00 bits per heavy atom. The zero-order valence-electron chi connectivity index (χ0n) is 18.0. The van der Waals surface area contributed by atoms with Crippen LogP contribution in [0.4, 0.5) is 4.39 Å². The fraction of sp³-hybridized carbons (Fsp3) is 0.417. The van der Waals surface area contributed by atoms with Gasteiger partial charge in [-0.05, 0) is 47.6 Å². The fourth-order valence-electron chi connectivity index (χ4n) is 3.14. The molecule has 2 rings (SSSR count). The molecule has 2 aromatic rings. The number of rotatable bonds is 7. The summed E-state index contributed by atoms with van der Waals surface area (Å²) in [6.07, 6.45) is 0.904. The molecule has 0 bridgehead atoms. The molecular formula is C24H31FN2O2. The first-order valence-electron chi connectivity index (χ1n) is 9.96. The van der Waals surface area contributed by atoms with Gasteiger partial charge in [0, 0.05) is 20.0 Å². The maximum Gasteiger partial charge on any atom is 0.242 e. The molecule has 2 amide bonds. The van der Waals surface area contributed by atoms with Gasteiger partial charge in [0.2, 0.25) is 11.8 Å². The Bertz CT molecular complexity index is 823. The van der Waals surface area contributed by atoms with Crippen molar-refractivity contribution in [2.45, 2.75) is 58.5 Å². The van der Waals surface area contributed by atoms with Gasteiger partial charge in [-0.3, -0.25) is 9.59 Å². The number of hydrogen-bond donors (Lipinski definition) is 1. The van der Waals surface area contributed by atoms with Crippen molar-refractivity contribution in [2.75, 3.05) is 7.05 Å². The third-order valence-corrected chi connectivity index (χ3v) is 5.13. The van der Waals surface area contributed by atoms with Crippen molar-refractivity contribution < 1.29 is 14.0 Å². The fourth-order valence-corrected chi connectivity index (χ4v) is 3.14. The van der Waals surface area contributed by atoms with Crippen LogP contribution in [0.1, 0.15) is 50.8 Å². The predicted molar refractivity (Wildman–Crippen MR) is 114 cm³/mol. The van der Waals surface area contributed by atoms with Crippen molar-refractivity contribution in [2.24, 2.45) is 0 Å². The molecule has 1 atom stereocenters. The van der Waals surface area contributed by atoms with E-state index in [0.717, 1.165) is 11.1 Å². The molecule has 0 aliphatic carbocycles. The van der Waals surface area contributed by atoms with Gasteiger partial charge < -0.3 is 10.2 Å². The van der Waals surface area contributed by atoms with Crippen LogP contribution in [-0.4, -0.2) is 29.8 Å². The number of benzene rings is 2. The molecule has 1 N–H and O–H groups in total. The lowest BCUT2D eigenvalue weighted by atomic mass is 9.86. The van der Waals surface area contributed by atoms with E-state index in [-0.39, 0.29) is 29.6 Å². The van der Waals surface area contributed by atoms with Gasteiger partial charge in [0.15, 0.2) is 0 Å². The molecule has 156 valence electrons. The average Bonchev–Trinajstić information content (AvgIpc) is 2.70. The minimum atomic E-state index is -0.610. The highest BCUT2D eigenvalue weighted by molar-refractivity contribution is 5.87. The normalized spacial score (nSPS) is 12.3. The van der Waals surface area contributed by atoms with Crippen LogP contribution in [0, 0.1) is 5.82 Å². The summed E-state index contributed by atoms with van der Waals surface area (Å²) < 4.78 is 13.2. The molecule has 0 saturated carbocycles. The number of aryl methyl sites for hydroxylation is 1. The SMILES string of the molecule is CNC(=O)[C@H](C)N(Cc1ccc(F)cc1)C(=O)CCc1ccc(C(C)(C)C)cc1. The summed E-state index contributed by atoms with van der Waals surface area (Å²) in [6, 6.07) is 13.7. The van der Waals surface area contributed by atoms with Crippen molar-refractivity contribution in [1.82, 2.24) is 10.2 Å². The summed E-state index contributed by atoms with van der Waals surface area (Å²) >= 11 is 0. The number of likely N-dealkylation sites (N-methyl/N-ethyl adjacent to an activating group) is 1. The van der Waals surface area contributed by atoms with Crippen molar-refractivity contribution in [1.29, 1.82) is 0 Å². The lowest BCUT2D eigenvalue weighted by molar-refractivity contribution is -0.140. The van der Waals surface area contributed by atoms with Gasteiger partial charge in [-0.25, -0.2) is 4.39 Å². The number of carbonyl (C=O) groups excluding carboxylic acids is 2. The smallest absolute Gasteiger partial charge is 0.242 e. The van der Waals surface area contributed by atoms with Gasteiger partial charge >= 0.3 is 0 Å². The van der Waals surface area contributed by atoms with E-state index >= 15 is 0 Å². The molecule has 0 radical (unpaired) electrons. The first-order valence-corrected chi connectivity index (χ1v) is 9.96. The molecule has 0 fully saturated rings. The number of halogens is 1. The van der Waals surface area contributed by atoms with Crippen LogP contribution in [0.2, 0.25) is 0 Å². The van der Waals surface area contributed by atoms with Gasteiger partial charge in [-0.1, -0.05) is 57.2 Å². The van der Waals surface area contributed by atoms with Crippen LogP contribution in [0.3, 0.4) is 0 Å². The summed E-state index contributed by atoms with van der Waals surface area (Å²) in [5, 5.41) is 2.60. The zero-order chi connectivity index (χ0) is 21.6. The Labute approximate surface area is 173 Å². The largest absolute Gasteiger partial charge is 0.357 e. The van der Waals surface area contributed by atoms with Crippen LogP contribution in [0.15, 0.2) is 48.5 Å². The Kier molecular flexibility index (Phi) is 7.54. The van der Waals surface area contributed by atoms with Gasteiger partial charge in [-0.15, -0.1) is 0 Å². The molecule has 0 aliphatic heterocycles. The predicted octanol–water partition coefficient (Wildman–Crippen LogP) is 4.22. The van der Waals surface area contributed by atoms with E-state index in [9.17, 15) is 14.0 Å². The number of amides is 2. The second-order valence-electron chi connectivity index (χ2n) is 8.39. The summed E-state index contributed by atoms with van der Waals surface area (Å²) in [6.45, 7) is 8.46. The van der Waals surface area contributed by atoms with Crippen LogP contribution in [-0.2, 0) is 28.0 Å². The van der Waals surface area contributed by atoms with E-state index in [1.165, 1.54) is 17.7 Å². The Morgan fingerprint density at radius 3 is 2.07 bits per heavy atom. The van der Waals surface area contributed by atoms with Crippen molar-refractivity contribution in [3.05, 3.63) is 71.0 Å². The molecular weight excluding hydrogens is 367 g/mol. The molecule has 2 aromatic carbocycles. The summed E-state index contributed by atoms with van der Waals surface area (Å²) in [4.78, 5) is 26.6. The van der Waals surface area contributed by atoms with Gasteiger partial charge in [-0.2, -0.15) is 0 Å². The topological polar surface area (TPSA) is 49.4 Å². The lowest BCUT2D eigenvalue weighted by Gasteiger charge is -2.28. The monoisotopic (exact) mass is 398 g/mol. The molecule has 5 heteroatoms. The van der Waals surface area contributed by atoms with E-state index in [1.807, 2.05) is 0 Å². The summed E-state index contributed by atoms with van der Waals surface area (Å²) in [5.74, 6) is -0.662. The van der Waals surface area contributed by atoms with E-state index in [1.54, 1.807) is 31.0 Å². The van der Waals surface area contributed by atoms with Crippen LogP contribution < -0.4 is 5.32 Å². The van der Waals surface area contributed by atoms with E-state index < -0.39 is 6.04 Å². The molecule has 0 aromatic heterocycles. The molecule has 0 aliphatic rings. The third-order valence-electron chi connectivity index (χ3n) is 5.13. The summed E-state index contributed by atoms with van der Waals surface area (Å²) in [5.41, 5.74) is 3.20. The van der Waals surface area contributed by atoms with Crippen LogP contribution in [0.5, 0.6) is 0 Å². The maximum absolute atomic E-state index is 13.2. The number of carbonyl (C=O) groups is 2. The molecule has 0 saturated heterocycles. The highest BCUT2D eigenvalue weighted by Gasteiger charge is 2.25. The van der Waals surface area contributed by atoms with Crippen LogP contribution >= 0.6 is 0 Å². The molecule has 0 unspecified atom stereocenters. The zero-order valence-corrected chi connectivity index (χ0v) is 18.0. The van der Waals surface area contributed by atoms with E-state index in [0.29, 0.717) is 12.8 Å². The standard InChI is InChI=1S/C24H31FN2O2/c1-17(23(29)26-5)27(16-19-8-13-21(25)14-9-19)22(28)15-10-18-6-11-20(12-7-18)24(2,3)4/h6-9,11-14,17H,10,15-16H2,1-5H3,(H,26,29)/t17-/m0/s1. The van der Waals surface area contributed by atoms with Crippen molar-refractivity contribution in [3.63, 3.8) is 0 Å². The third kappa shape index (κ3) is 6.41. The molecule has 0 spiro atoms. The quantitative estimate of drug-likeness (QED) is 0.759. The minimum Gasteiger partial charge on any atom is -0.357 e. The second-order valence-corrected chi connectivity index (χ2v) is 8.39. The maximum atomic E-state index is 13.2. The second kappa shape index (κ2) is 9.68. The van der Waals surface area contributed by atoms with E-state index in [2.05, 4.69) is 50.4 Å². The Hall–Kier alpha value is -2.69. The van der Waals surface area contributed by atoms with Gasteiger partial charge in [0.1, 0.15) is 11.9 Å². The average molecular weight is 399 g/mol. The number of nitrogens with one attached hydrogen (secondary N) is 1. The molecule has 4 nitrogen and oxygen atoms in total. The number of hydrogen-bond acceptors (Lipinski definition) is 2. The van der Waals surface area contributed by atoms with Crippen molar-refractivity contribution >= 4 is 11.8 Å². The van der Waals surface area contributed by atoms with Gasteiger partial charge in [0.05, 0.1) is 0 Å². The Morgan fingerprint density at radius 2 is 1.55 bits per heavy atom. The van der Waals surface area contributed by atoms with E-state index in [4.69, 9.17) is 0 Å². The van der Waals surface area contributed by atoms with Gasteiger partial charge in [0.25, 0.3) is 0 Å². The summed E-state index contributed by atoms with van der Waals surface area (Å²) in [7, 11) is 1.55. The first kappa shape index (κ1) is 22.6. The molecule has 29 heavy (non-hydrogen) atoms. The highest BCUT2D eigenvalue weighted by Crippen LogP contribution is 2.22. The lowest BCUT2D eigenvalue weighted by Crippen LogP contribution is -2.46. The first-order chi connectivity index (χ1) is 13.6. The van der Waals surface area contributed by atoms with Crippen molar-refractivity contribution in [3.8, 4) is 0 Å². The number of nitrogens with zero attached hydrogens (tertiary/aromatic N) is 1. The highest BCUT2D eigenvalue weighted by atomic mass is 19.1. The van der Waals surface area contributed by atoms with Crippen LogP contribution in [0.25, 0.3) is 0 Å².